The fraction of sp³-hybridized carbons (Fsp3) is 0.375. The molecular formula is C16H15Cl2N3S. The van der Waals surface area contributed by atoms with Gasteiger partial charge in [0.2, 0.25) is 4.96 Å². The number of rotatable bonds is 2. The second-order valence-electron chi connectivity index (χ2n) is 5.75. The molecule has 2 heterocycles. The third kappa shape index (κ3) is 2.64. The number of hydrogen-bond donors (Lipinski definition) is 0. The van der Waals surface area contributed by atoms with Crippen LogP contribution in [0.15, 0.2) is 24.4 Å². The third-order valence-corrected chi connectivity index (χ3v) is 5.85. The molecule has 114 valence electrons. The number of hydrogen-bond acceptors (Lipinski definition) is 3. The minimum atomic E-state index is 0.614. The number of aromatic nitrogens is 3. The smallest absolute Gasteiger partial charge is 0.212 e. The molecule has 3 aromatic rings. The molecule has 1 aromatic carbocycles. The number of benzene rings is 1. The molecule has 1 fully saturated rings. The number of nitrogens with zero attached hydrogens (tertiary/aromatic N) is 3. The van der Waals surface area contributed by atoms with Crippen molar-refractivity contribution in [3.8, 4) is 11.3 Å². The summed E-state index contributed by atoms with van der Waals surface area (Å²) in [7, 11) is 0. The van der Waals surface area contributed by atoms with Crippen LogP contribution in [0.25, 0.3) is 16.2 Å². The van der Waals surface area contributed by atoms with Crippen LogP contribution in [0.3, 0.4) is 0 Å². The van der Waals surface area contributed by atoms with Crippen LogP contribution in [-0.2, 0) is 0 Å². The van der Waals surface area contributed by atoms with E-state index in [0.29, 0.717) is 16.0 Å². The van der Waals surface area contributed by atoms with Crippen molar-refractivity contribution in [2.75, 3.05) is 0 Å². The van der Waals surface area contributed by atoms with Crippen LogP contribution in [0.1, 0.15) is 43.0 Å². The highest BCUT2D eigenvalue weighted by Gasteiger charge is 2.20. The van der Waals surface area contributed by atoms with Crippen molar-refractivity contribution >= 4 is 39.5 Å². The first-order valence-electron chi connectivity index (χ1n) is 7.52. The Morgan fingerprint density at radius 2 is 1.95 bits per heavy atom. The molecule has 1 saturated carbocycles. The first kappa shape index (κ1) is 14.5. The third-order valence-electron chi connectivity index (χ3n) is 4.22. The predicted molar refractivity (Wildman–Crippen MR) is 92.1 cm³/mol. The van der Waals surface area contributed by atoms with Crippen LogP contribution >= 0.6 is 34.5 Å². The van der Waals surface area contributed by atoms with Gasteiger partial charge in [0.1, 0.15) is 5.01 Å². The second-order valence-corrected chi connectivity index (χ2v) is 7.58. The van der Waals surface area contributed by atoms with Gasteiger partial charge < -0.3 is 0 Å². The highest BCUT2D eigenvalue weighted by atomic mass is 35.5. The van der Waals surface area contributed by atoms with Gasteiger partial charge in [-0.1, -0.05) is 53.8 Å². The van der Waals surface area contributed by atoms with Crippen molar-refractivity contribution in [1.82, 2.24) is 14.6 Å². The van der Waals surface area contributed by atoms with E-state index in [1.165, 1.54) is 37.1 Å². The molecule has 0 amide bonds. The highest BCUT2D eigenvalue weighted by Crippen LogP contribution is 2.36. The molecule has 22 heavy (non-hydrogen) atoms. The molecule has 1 aliphatic carbocycles. The molecule has 0 bridgehead atoms. The Labute approximate surface area is 142 Å². The Kier molecular flexibility index (Phi) is 3.84. The Morgan fingerprint density at radius 3 is 2.68 bits per heavy atom. The predicted octanol–water partition coefficient (Wildman–Crippen LogP) is 5.81. The maximum Gasteiger partial charge on any atom is 0.212 e. The van der Waals surface area contributed by atoms with Crippen LogP contribution in [0.4, 0.5) is 0 Å². The van der Waals surface area contributed by atoms with Crippen LogP contribution in [-0.4, -0.2) is 14.6 Å². The van der Waals surface area contributed by atoms with Gasteiger partial charge in [0.25, 0.3) is 0 Å². The standard InChI is InChI=1S/C16H15Cl2N3S/c17-11-6-7-12(13(18)8-11)14-9-21-16(19-14)22-15(20-21)10-4-2-1-3-5-10/h6-10H,1-5H2. The van der Waals surface area contributed by atoms with E-state index in [1.807, 2.05) is 22.8 Å². The fourth-order valence-corrected chi connectivity index (χ4v) is 4.61. The molecule has 0 aliphatic heterocycles. The molecule has 0 unspecified atom stereocenters. The van der Waals surface area contributed by atoms with E-state index in [2.05, 4.69) is 4.98 Å². The van der Waals surface area contributed by atoms with E-state index < -0.39 is 0 Å². The summed E-state index contributed by atoms with van der Waals surface area (Å²) < 4.78 is 1.88. The van der Waals surface area contributed by atoms with Gasteiger partial charge in [0.15, 0.2) is 0 Å². The molecule has 0 saturated heterocycles. The van der Waals surface area contributed by atoms with Gasteiger partial charge in [-0.2, -0.15) is 5.10 Å². The van der Waals surface area contributed by atoms with Crippen molar-refractivity contribution in [3.63, 3.8) is 0 Å². The molecule has 0 spiro atoms. The average molecular weight is 352 g/mol. The lowest BCUT2D eigenvalue weighted by atomic mass is 9.90. The summed E-state index contributed by atoms with van der Waals surface area (Å²) in [6.07, 6.45) is 8.46. The van der Waals surface area contributed by atoms with E-state index in [9.17, 15) is 0 Å². The van der Waals surface area contributed by atoms with Crippen LogP contribution < -0.4 is 0 Å². The first-order valence-corrected chi connectivity index (χ1v) is 9.09. The van der Waals surface area contributed by atoms with Crippen molar-refractivity contribution < 1.29 is 0 Å². The van der Waals surface area contributed by atoms with Gasteiger partial charge in [0.05, 0.1) is 16.9 Å². The summed E-state index contributed by atoms with van der Waals surface area (Å²) in [5, 5.41) is 7.20. The van der Waals surface area contributed by atoms with E-state index in [1.54, 1.807) is 17.4 Å². The topological polar surface area (TPSA) is 30.2 Å². The molecule has 1 aliphatic rings. The zero-order valence-corrected chi connectivity index (χ0v) is 14.3. The summed E-state index contributed by atoms with van der Waals surface area (Å²) in [6.45, 7) is 0. The van der Waals surface area contributed by atoms with E-state index in [4.69, 9.17) is 28.3 Å². The molecular weight excluding hydrogens is 337 g/mol. The molecule has 0 N–H and O–H groups in total. The molecule has 6 heteroatoms. The quantitative estimate of drug-likeness (QED) is 0.582. The Morgan fingerprint density at radius 1 is 1.14 bits per heavy atom. The minimum absolute atomic E-state index is 0.614. The van der Waals surface area contributed by atoms with Crippen LogP contribution in [0.5, 0.6) is 0 Å². The summed E-state index contributed by atoms with van der Waals surface area (Å²) in [6, 6.07) is 5.48. The molecule has 3 nitrogen and oxygen atoms in total. The first-order chi connectivity index (χ1) is 10.7. The van der Waals surface area contributed by atoms with Crippen molar-refractivity contribution in [3.05, 3.63) is 39.4 Å². The van der Waals surface area contributed by atoms with E-state index in [-0.39, 0.29) is 0 Å². The van der Waals surface area contributed by atoms with Crippen LogP contribution in [0.2, 0.25) is 10.0 Å². The zero-order chi connectivity index (χ0) is 15.1. The maximum atomic E-state index is 6.26. The monoisotopic (exact) mass is 351 g/mol. The van der Waals surface area contributed by atoms with Crippen molar-refractivity contribution in [2.24, 2.45) is 0 Å². The number of halogens is 2. The summed E-state index contributed by atoms with van der Waals surface area (Å²) >= 11 is 13.9. The van der Waals surface area contributed by atoms with Crippen molar-refractivity contribution in [2.45, 2.75) is 38.0 Å². The second kappa shape index (κ2) is 5.84. The van der Waals surface area contributed by atoms with Gasteiger partial charge in [0, 0.05) is 16.5 Å². The largest absolute Gasteiger partial charge is 0.217 e. The Balaban J connectivity index is 1.68. The van der Waals surface area contributed by atoms with E-state index >= 15 is 0 Å². The van der Waals surface area contributed by atoms with Gasteiger partial charge >= 0.3 is 0 Å². The lowest BCUT2D eigenvalue weighted by Gasteiger charge is -2.18. The van der Waals surface area contributed by atoms with Gasteiger partial charge in [-0.25, -0.2) is 9.50 Å². The van der Waals surface area contributed by atoms with Gasteiger partial charge in [-0.3, -0.25) is 0 Å². The van der Waals surface area contributed by atoms with E-state index in [0.717, 1.165) is 16.2 Å². The fourth-order valence-electron chi connectivity index (χ4n) is 3.06. The Bertz CT molecular complexity index is 787. The molecule has 0 atom stereocenters. The van der Waals surface area contributed by atoms with Crippen molar-refractivity contribution in [1.29, 1.82) is 0 Å². The lowest BCUT2D eigenvalue weighted by molar-refractivity contribution is 0.439. The molecule has 0 radical (unpaired) electrons. The summed E-state index contributed by atoms with van der Waals surface area (Å²) in [4.78, 5) is 5.61. The molecule has 4 rings (SSSR count). The normalized spacial score (nSPS) is 16.5. The zero-order valence-electron chi connectivity index (χ0n) is 11.9. The van der Waals surface area contributed by atoms with Gasteiger partial charge in [-0.15, -0.1) is 0 Å². The van der Waals surface area contributed by atoms with Crippen LogP contribution in [0, 0.1) is 0 Å². The summed E-state index contributed by atoms with van der Waals surface area (Å²) in [5.41, 5.74) is 1.73. The number of fused-ring (bicyclic) bond motifs is 1. The highest BCUT2D eigenvalue weighted by molar-refractivity contribution is 7.16. The maximum absolute atomic E-state index is 6.26. The average Bonchev–Trinajstić information content (AvgIpc) is 3.06. The Hall–Kier alpha value is -1.10. The molecule has 2 aromatic heterocycles. The van der Waals surface area contributed by atoms with Gasteiger partial charge in [-0.05, 0) is 31.0 Å². The minimum Gasteiger partial charge on any atom is -0.217 e. The SMILES string of the molecule is Clc1ccc(-c2cn3nc(C4CCCCC4)sc3n2)c(Cl)c1. The number of imidazole rings is 1. The lowest BCUT2D eigenvalue weighted by Crippen LogP contribution is -2.04. The summed E-state index contributed by atoms with van der Waals surface area (Å²) in [5.74, 6) is 0.614.